The second-order valence-electron chi connectivity index (χ2n) is 8.19. The molecule has 0 bridgehead atoms. The largest absolute Gasteiger partial charge is 0.527 e. The Morgan fingerprint density at radius 3 is 1.82 bits per heavy atom. The van der Waals surface area contributed by atoms with Gasteiger partial charge in [-0.2, -0.15) is 17.6 Å². The van der Waals surface area contributed by atoms with E-state index in [1.165, 1.54) is 0 Å². The highest BCUT2D eigenvalue weighted by Crippen LogP contribution is 2.42. The molecule has 0 aromatic heterocycles. The molecule has 2 aromatic carbocycles. The van der Waals surface area contributed by atoms with Crippen LogP contribution in [0.3, 0.4) is 0 Å². The van der Waals surface area contributed by atoms with Crippen molar-refractivity contribution in [1.82, 2.24) is 0 Å². The van der Waals surface area contributed by atoms with Crippen molar-refractivity contribution in [3.05, 3.63) is 53.6 Å². The van der Waals surface area contributed by atoms with Crippen LogP contribution in [0.2, 0.25) is 0 Å². The molecule has 0 amide bonds. The summed E-state index contributed by atoms with van der Waals surface area (Å²) in [4.78, 5) is 0. The molecule has 34 heavy (non-hydrogen) atoms. The van der Waals surface area contributed by atoms with Gasteiger partial charge in [-0.1, -0.05) is 25.5 Å². The maximum absolute atomic E-state index is 14.6. The number of rotatable bonds is 7. The molecule has 0 aliphatic heterocycles. The Morgan fingerprint density at radius 2 is 1.35 bits per heavy atom. The summed E-state index contributed by atoms with van der Waals surface area (Å²) < 4.78 is 129. The minimum atomic E-state index is -5.62. The number of hydrogen-bond donors (Lipinski definition) is 0. The van der Waals surface area contributed by atoms with Crippen molar-refractivity contribution in [2.75, 3.05) is 0 Å². The van der Waals surface area contributed by atoms with Crippen LogP contribution in [0, 0.1) is 23.5 Å². The molecule has 0 unspecified atom stereocenters. The number of ether oxygens (including phenoxy) is 2. The van der Waals surface area contributed by atoms with E-state index in [9.17, 15) is 39.5 Å². The van der Waals surface area contributed by atoms with E-state index in [4.69, 9.17) is 0 Å². The van der Waals surface area contributed by atoms with Crippen LogP contribution in [0.4, 0.5) is 39.5 Å². The van der Waals surface area contributed by atoms with Crippen molar-refractivity contribution in [3.63, 3.8) is 0 Å². The van der Waals surface area contributed by atoms with E-state index < -0.39 is 53.0 Å². The summed E-state index contributed by atoms with van der Waals surface area (Å²) in [6, 6.07) is 3.60. The second kappa shape index (κ2) is 9.67. The van der Waals surface area contributed by atoms with Gasteiger partial charge < -0.3 is 4.74 Å². The summed E-state index contributed by atoms with van der Waals surface area (Å²) in [5, 5.41) is 0. The third kappa shape index (κ3) is 6.17. The normalized spacial score (nSPS) is 19.8. The summed E-state index contributed by atoms with van der Waals surface area (Å²) in [5.41, 5.74) is -2.25. The SMILES string of the molecule is CCC1CCC(C(F)(F)Oc2cc(F)c(-c3ccc(C(F)(F)OC(F)(F)F)cc3)c(F)c2)CC1. The molecule has 1 aliphatic carbocycles. The van der Waals surface area contributed by atoms with Gasteiger partial charge in [-0.05, 0) is 49.3 Å². The number of hydrogen-bond acceptors (Lipinski definition) is 2. The Hall–Kier alpha value is -2.43. The zero-order chi connectivity index (χ0) is 25.3. The smallest absolute Gasteiger partial charge is 0.432 e. The average Bonchev–Trinajstić information content (AvgIpc) is 2.71. The molecule has 0 heterocycles. The maximum Gasteiger partial charge on any atom is 0.527 e. The van der Waals surface area contributed by atoms with Gasteiger partial charge in [-0.3, -0.25) is 0 Å². The highest BCUT2D eigenvalue weighted by Gasteiger charge is 2.46. The lowest BCUT2D eigenvalue weighted by molar-refractivity contribution is -0.431. The van der Waals surface area contributed by atoms with Gasteiger partial charge in [0.05, 0.1) is 17.0 Å². The van der Waals surface area contributed by atoms with Crippen LogP contribution in [0.25, 0.3) is 11.1 Å². The van der Waals surface area contributed by atoms with E-state index in [-0.39, 0.29) is 18.4 Å². The predicted molar refractivity (Wildman–Crippen MR) is 104 cm³/mol. The van der Waals surface area contributed by atoms with Gasteiger partial charge in [0.1, 0.15) is 17.4 Å². The first-order valence-corrected chi connectivity index (χ1v) is 10.5. The first-order valence-electron chi connectivity index (χ1n) is 10.5. The minimum absolute atomic E-state index is 0.212. The third-order valence-corrected chi connectivity index (χ3v) is 5.92. The quantitative estimate of drug-likeness (QED) is 0.356. The average molecular weight is 500 g/mol. The van der Waals surface area contributed by atoms with Crippen molar-refractivity contribution >= 4 is 0 Å². The van der Waals surface area contributed by atoms with E-state index in [2.05, 4.69) is 9.47 Å². The van der Waals surface area contributed by atoms with Crippen LogP contribution in [0.5, 0.6) is 5.75 Å². The summed E-state index contributed by atoms with van der Waals surface area (Å²) in [6.45, 7) is 1.97. The first kappa shape index (κ1) is 26.2. The molecule has 1 saturated carbocycles. The summed E-state index contributed by atoms with van der Waals surface area (Å²) in [6.07, 6.45) is -11.5. The van der Waals surface area contributed by atoms with Gasteiger partial charge >= 0.3 is 18.6 Å². The van der Waals surface area contributed by atoms with E-state index in [0.717, 1.165) is 18.6 Å². The molecule has 2 nitrogen and oxygen atoms in total. The zero-order valence-corrected chi connectivity index (χ0v) is 17.9. The van der Waals surface area contributed by atoms with Gasteiger partial charge in [0.15, 0.2) is 0 Å². The molecule has 1 aliphatic rings. The lowest BCUT2D eigenvalue weighted by atomic mass is 9.80. The maximum atomic E-state index is 14.6. The van der Waals surface area contributed by atoms with Crippen molar-refractivity contribution in [1.29, 1.82) is 0 Å². The van der Waals surface area contributed by atoms with Crippen molar-refractivity contribution in [3.8, 4) is 16.9 Å². The standard InChI is InChI=1S/C23H21F9O2/c1-2-13-3-7-15(8-4-13)21(26,27)33-17-11-18(24)20(19(25)12-17)14-5-9-16(10-6-14)22(28,29)34-23(30,31)32/h5-6,9-13,15H,2-4,7-8H2,1H3. The van der Waals surface area contributed by atoms with Crippen LogP contribution in [-0.4, -0.2) is 12.5 Å². The Morgan fingerprint density at radius 1 is 0.824 bits per heavy atom. The topological polar surface area (TPSA) is 18.5 Å². The molecule has 11 heteroatoms. The van der Waals surface area contributed by atoms with E-state index in [1.54, 1.807) is 0 Å². The van der Waals surface area contributed by atoms with E-state index in [1.807, 2.05) is 6.92 Å². The monoisotopic (exact) mass is 500 g/mol. The highest BCUT2D eigenvalue weighted by atomic mass is 19.4. The molecule has 2 aromatic rings. The third-order valence-electron chi connectivity index (χ3n) is 5.92. The van der Waals surface area contributed by atoms with Gasteiger partial charge in [0.2, 0.25) is 0 Å². The Balaban J connectivity index is 1.78. The fourth-order valence-corrected chi connectivity index (χ4v) is 4.07. The lowest BCUT2D eigenvalue weighted by Crippen LogP contribution is -2.37. The second-order valence-corrected chi connectivity index (χ2v) is 8.19. The molecule has 0 N–H and O–H groups in total. The minimum Gasteiger partial charge on any atom is -0.432 e. The summed E-state index contributed by atoms with van der Waals surface area (Å²) in [5.74, 6) is -4.12. The van der Waals surface area contributed by atoms with E-state index >= 15 is 0 Å². The molecule has 188 valence electrons. The van der Waals surface area contributed by atoms with Crippen LogP contribution >= 0.6 is 0 Å². The van der Waals surface area contributed by atoms with Crippen molar-refractivity contribution < 1.29 is 49.0 Å². The number of halogens is 9. The first-order chi connectivity index (χ1) is 15.7. The lowest BCUT2D eigenvalue weighted by Gasteiger charge is -2.33. The van der Waals surface area contributed by atoms with Crippen LogP contribution in [0.15, 0.2) is 36.4 Å². The Bertz CT molecular complexity index is 956. The molecule has 0 atom stereocenters. The Labute approximate surface area is 189 Å². The molecule has 0 radical (unpaired) electrons. The fourth-order valence-electron chi connectivity index (χ4n) is 4.07. The molecule has 3 rings (SSSR count). The molecule has 1 fully saturated rings. The van der Waals surface area contributed by atoms with Gasteiger partial charge in [-0.25, -0.2) is 13.5 Å². The van der Waals surface area contributed by atoms with Gasteiger partial charge in [0.25, 0.3) is 0 Å². The molecular formula is C23H21F9O2. The number of benzene rings is 2. The van der Waals surface area contributed by atoms with Crippen LogP contribution in [-0.2, 0) is 10.8 Å². The fraction of sp³-hybridized carbons (Fsp3) is 0.478. The summed E-state index contributed by atoms with van der Waals surface area (Å²) >= 11 is 0. The van der Waals surface area contributed by atoms with E-state index in [0.29, 0.717) is 43.0 Å². The van der Waals surface area contributed by atoms with Gasteiger partial charge in [-0.15, -0.1) is 13.2 Å². The van der Waals surface area contributed by atoms with Crippen LogP contribution in [0.1, 0.15) is 44.6 Å². The Kier molecular flexibility index (Phi) is 7.45. The van der Waals surface area contributed by atoms with Crippen LogP contribution < -0.4 is 4.74 Å². The van der Waals surface area contributed by atoms with Crippen molar-refractivity contribution in [2.24, 2.45) is 11.8 Å². The molecule has 0 spiro atoms. The van der Waals surface area contributed by atoms with Gasteiger partial charge in [0, 0.05) is 12.1 Å². The zero-order valence-electron chi connectivity index (χ0n) is 17.9. The molecular weight excluding hydrogens is 479 g/mol. The predicted octanol–water partition coefficient (Wildman–Crippen LogP) is 8.41. The summed E-state index contributed by atoms with van der Waals surface area (Å²) in [7, 11) is 0. The number of alkyl halides is 7. The molecule has 0 saturated heterocycles. The highest BCUT2D eigenvalue weighted by molar-refractivity contribution is 5.66. The van der Waals surface area contributed by atoms with Crippen molar-refractivity contribution in [2.45, 2.75) is 57.6 Å².